The van der Waals surface area contributed by atoms with Crippen molar-refractivity contribution in [1.29, 1.82) is 0 Å². The number of halogens is 3. The molecule has 17 heavy (non-hydrogen) atoms. The molecule has 4 heteroatoms. The van der Waals surface area contributed by atoms with E-state index in [0.29, 0.717) is 5.56 Å². The molecule has 0 aromatic heterocycles. The number of hydrogen-bond donors (Lipinski definition) is 0. The summed E-state index contributed by atoms with van der Waals surface area (Å²) >= 11 is 0. The SMILES string of the molecule is CCCCC(C)c1ccccc1OC(F)(F)F. The van der Waals surface area contributed by atoms with Gasteiger partial charge in [-0.15, -0.1) is 13.2 Å². The lowest BCUT2D eigenvalue weighted by molar-refractivity contribution is -0.275. The molecule has 0 saturated carbocycles. The smallest absolute Gasteiger partial charge is 0.405 e. The fraction of sp³-hybridized carbons (Fsp3) is 0.538. The normalized spacial score (nSPS) is 13.5. The van der Waals surface area contributed by atoms with Crippen molar-refractivity contribution < 1.29 is 17.9 Å². The van der Waals surface area contributed by atoms with Crippen molar-refractivity contribution in [2.45, 2.75) is 45.4 Å². The number of alkyl halides is 3. The molecule has 0 aliphatic rings. The van der Waals surface area contributed by atoms with E-state index in [1.807, 2.05) is 6.92 Å². The summed E-state index contributed by atoms with van der Waals surface area (Å²) in [6, 6.07) is 6.35. The van der Waals surface area contributed by atoms with E-state index >= 15 is 0 Å². The topological polar surface area (TPSA) is 9.23 Å². The molecule has 1 unspecified atom stereocenters. The molecular weight excluding hydrogens is 229 g/mol. The first-order valence-electron chi connectivity index (χ1n) is 5.78. The molecule has 0 aliphatic carbocycles. The Morgan fingerprint density at radius 3 is 2.47 bits per heavy atom. The van der Waals surface area contributed by atoms with Gasteiger partial charge in [-0.25, -0.2) is 0 Å². The summed E-state index contributed by atoms with van der Waals surface area (Å²) in [5.41, 5.74) is 0.623. The van der Waals surface area contributed by atoms with Crippen molar-refractivity contribution in [3.8, 4) is 5.75 Å². The van der Waals surface area contributed by atoms with Gasteiger partial charge >= 0.3 is 6.36 Å². The van der Waals surface area contributed by atoms with Crippen LogP contribution in [0.15, 0.2) is 24.3 Å². The summed E-state index contributed by atoms with van der Waals surface area (Å²) in [5, 5.41) is 0. The van der Waals surface area contributed by atoms with Crippen molar-refractivity contribution in [1.82, 2.24) is 0 Å². The minimum atomic E-state index is -4.62. The third-order valence-electron chi connectivity index (χ3n) is 2.67. The third-order valence-corrected chi connectivity index (χ3v) is 2.67. The second kappa shape index (κ2) is 5.94. The Morgan fingerprint density at radius 1 is 1.24 bits per heavy atom. The van der Waals surface area contributed by atoms with Crippen LogP contribution in [0.4, 0.5) is 13.2 Å². The molecule has 0 radical (unpaired) electrons. The molecule has 1 atom stereocenters. The monoisotopic (exact) mass is 246 g/mol. The molecule has 1 nitrogen and oxygen atoms in total. The number of para-hydroxylation sites is 1. The maximum atomic E-state index is 12.2. The second-order valence-corrected chi connectivity index (χ2v) is 4.13. The number of ether oxygens (including phenoxy) is 1. The molecule has 0 fully saturated rings. The van der Waals surface area contributed by atoms with E-state index in [9.17, 15) is 13.2 Å². The standard InChI is InChI=1S/C13H17F3O/c1-3-4-7-10(2)11-8-5-6-9-12(11)17-13(14,15)16/h5-6,8-10H,3-4,7H2,1-2H3. The quantitative estimate of drug-likeness (QED) is 0.719. The average molecular weight is 246 g/mol. The number of unbranched alkanes of at least 4 members (excludes halogenated alkanes) is 1. The zero-order chi connectivity index (χ0) is 12.9. The van der Waals surface area contributed by atoms with Gasteiger partial charge < -0.3 is 4.74 Å². The Labute approximate surface area is 99.6 Å². The summed E-state index contributed by atoms with van der Waals surface area (Å²) in [6.07, 6.45) is -1.72. The highest BCUT2D eigenvalue weighted by Gasteiger charge is 2.32. The van der Waals surface area contributed by atoms with Crippen LogP contribution in [0.1, 0.15) is 44.6 Å². The van der Waals surface area contributed by atoms with Crippen LogP contribution < -0.4 is 4.74 Å². The maximum absolute atomic E-state index is 12.2. The Morgan fingerprint density at radius 2 is 1.88 bits per heavy atom. The van der Waals surface area contributed by atoms with E-state index in [-0.39, 0.29) is 11.7 Å². The van der Waals surface area contributed by atoms with Crippen molar-refractivity contribution >= 4 is 0 Å². The Balaban J connectivity index is 2.83. The number of rotatable bonds is 5. The predicted molar refractivity (Wildman–Crippen MR) is 61.1 cm³/mol. The van der Waals surface area contributed by atoms with Crippen molar-refractivity contribution in [2.24, 2.45) is 0 Å². The first-order chi connectivity index (χ1) is 7.94. The lowest BCUT2D eigenvalue weighted by Gasteiger charge is -2.17. The van der Waals surface area contributed by atoms with E-state index in [2.05, 4.69) is 11.7 Å². The van der Waals surface area contributed by atoms with Crippen molar-refractivity contribution in [2.75, 3.05) is 0 Å². The lowest BCUT2D eigenvalue weighted by atomic mass is 9.95. The van der Waals surface area contributed by atoms with Crippen LogP contribution in [-0.4, -0.2) is 6.36 Å². The van der Waals surface area contributed by atoms with Gasteiger partial charge in [-0.05, 0) is 24.0 Å². The Hall–Kier alpha value is -1.19. The minimum absolute atomic E-state index is 0.0773. The Kier molecular flexibility index (Phi) is 4.85. The van der Waals surface area contributed by atoms with Crippen LogP contribution >= 0.6 is 0 Å². The van der Waals surface area contributed by atoms with Crippen LogP contribution in [-0.2, 0) is 0 Å². The molecule has 96 valence electrons. The zero-order valence-corrected chi connectivity index (χ0v) is 10.1. The van der Waals surface area contributed by atoms with Gasteiger partial charge in [0.1, 0.15) is 5.75 Å². The third kappa shape index (κ3) is 4.67. The van der Waals surface area contributed by atoms with Crippen LogP contribution in [0.25, 0.3) is 0 Å². The van der Waals surface area contributed by atoms with E-state index < -0.39 is 6.36 Å². The molecule has 0 spiro atoms. The van der Waals surface area contributed by atoms with Crippen LogP contribution in [0.5, 0.6) is 5.75 Å². The molecule has 1 aromatic rings. The van der Waals surface area contributed by atoms with Crippen LogP contribution in [0.2, 0.25) is 0 Å². The highest BCUT2D eigenvalue weighted by atomic mass is 19.4. The summed E-state index contributed by atoms with van der Waals surface area (Å²) in [6.45, 7) is 3.99. The molecule has 1 rings (SSSR count). The highest BCUT2D eigenvalue weighted by Crippen LogP contribution is 2.33. The fourth-order valence-electron chi connectivity index (χ4n) is 1.77. The molecule has 0 amide bonds. The average Bonchev–Trinajstić information content (AvgIpc) is 2.24. The number of hydrogen-bond acceptors (Lipinski definition) is 1. The molecule has 0 aliphatic heterocycles. The molecular formula is C13H17F3O. The predicted octanol–water partition coefficient (Wildman–Crippen LogP) is 4.88. The van der Waals surface area contributed by atoms with Crippen LogP contribution in [0.3, 0.4) is 0 Å². The van der Waals surface area contributed by atoms with Gasteiger partial charge in [-0.2, -0.15) is 0 Å². The van der Waals surface area contributed by atoms with Gasteiger partial charge in [0.05, 0.1) is 0 Å². The summed E-state index contributed by atoms with van der Waals surface area (Å²) < 4.78 is 40.7. The molecule has 0 N–H and O–H groups in total. The molecule has 1 aromatic carbocycles. The second-order valence-electron chi connectivity index (χ2n) is 4.13. The van der Waals surface area contributed by atoms with Gasteiger partial charge in [0.25, 0.3) is 0 Å². The van der Waals surface area contributed by atoms with E-state index in [4.69, 9.17) is 0 Å². The summed E-state index contributed by atoms with van der Waals surface area (Å²) in [4.78, 5) is 0. The van der Waals surface area contributed by atoms with Gasteiger partial charge in [0, 0.05) is 0 Å². The molecule has 0 saturated heterocycles. The van der Waals surface area contributed by atoms with Crippen LogP contribution in [0, 0.1) is 0 Å². The summed E-state index contributed by atoms with van der Waals surface area (Å²) in [7, 11) is 0. The Bertz CT molecular complexity index is 347. The highest BCUT2D eigenvalue weighted by molar-refractivity contribution is 5.36. The largest absolute Gasteiger partial charge is 0.573 e. The van der Waals surface area contributed by atoms with Gasteiger partial charge in [0.15, 0.2) is 0 Å². The first-order valence-corrected chi connectivity index (χ1v) is 5.78. The van der Waals surface area contributed by atoms with Gasteiger partial charge in [-0.1, -0.05) is 44.9 Å². The van der Waals surface area contributed by atoms with Gasteiger partial charge in [-0.3, -0.25) is 0 Å². The summed E-state index contributed by atoms with van der Waals surface area (Å²) in [5.74, 6) is -0.00268. The first kappa shape index (κ1) is 13.9. The van der Waals surface area contributed by atoms with Gasteiger partial charge in [0.2, 0.25) is 0 Å². The van der Waals surface area contributed by atoms with E-state index in [1.165, 1.54) is 6.07 Å². The zero-order valence-electron chi connectivity index (χ0n) is 10.1. The fourth-order valence-corrected chi connectivity index (χ4v) is 1.77. The maximum Gasteiger partial charge on any atom is 0.573 e. The molecule has 0 bridgehead atoms. The van der Waals surface area contributed by atoms with Crippen molar-refractivity contribution in [3.63, 3.8) is 0 Å². The molecule has 0 heterocycles. The number of benzene rings is 1. The van der Waals surface area contributed by atoms with E-state index in [0.717, 1.165) is 19.3 Å². The minimum Gasteiger partial charge on any atom is -0.405 e. The van der Waals surface area contributed by atoms with E-state index in [1.54, 1.807) is 18.2 Å². The van der Waals surface area contributed by atoms with Crippen molar-refractivity contribution in [3.05, 3.63) is 29.8 Å². The lowest BCUT2D eigenvalue weighted by Crippen LogP contribution is -2.18.